The molecule has 1 rings (SSSR count). The predicted molar refractivity (Wildman–Crippen MR) is 42.7 cm³/mol. The predicted octanol–water partition coefficient (Wildman–Crippen LogP) is 1.53. The van der Waals surface area contributed by atoms with Crippen molar-refractivity contribution in [3.8, 4) is 0 Å². The fourth-order valence-corrected chi connectivity index (χ4v) is 1.27. The smallest absolute Gasteiger partial charge is 0.217 e. The van der Waals surface area contributed by atoms with Crippen molar-refractivity contribution in [3.05, 3.63) is 10.6 Å². The van der Waals surface area contributed by atoms with Gasteiger partial charge in [-0.1, -0.05) is 6.92 Å². The zero-order valence-electron chi connectivity index (χ0n) is 6.13. The second-order valence-electron chi connectivity index (χ2n) is 2.17. The number of hydrogen-bond donors (Lipinski definition) is 0. The van der Waals surface area contributed by atoms with E-state index < -0.39 is 0 Å². The molecule has 0 aliphatic rings. The average Bonchev–Trinajstić information content (AvgIpc) is 2.13. The van der Waals surface area contributed by atoms with Crippen molar-refractivity contribution in [2.75, 3.05) is 0 Å². The third-order valence-electron chi connectivity index (χ3n) is 1.30. The van der Waals surface area contributed by atoms with Gasteiger partial charge in [0.25, 0.3) is 0 Å². The number of rotatable bonds is 2. The maximum atomic E-state index is 4.17. The molecule has 0 radical (unpaired) electrons. The summed E-state index contributed by atoms with van der Waals surface area (Å²) >= 11 is 3.21. The normalized spacial score (nSPS) is 10.3. The minimum Gasteiger partial charge on any atom is -0.252 e. The summed E-state index contributed by atoms with van der Waals surface area (Å²) in [6, 6.07) is 0. The molecule has 0 unspecified atom stereocenters. The Morgan fingerprint density at radius 2 is 2.30 bits per heavy atom. The van der Waals surface area contributed by atoms with E-state index in [0.717, 1.165) is 18.7 Å². The molecule has 56 valence electrons. The van der Waals surface area contributed by atoms with Crippen LogP contribution in [0, 0.1) is 0 Å². The standard InChI is InChI=1S/C6H10BrN3/c1-3-4-5-8-6(7)9-10(5)2/h3-4H2,1-2H3. The van der Waals surface area contributed by atoms with Gasteiger partial charge in [-0.25, -0.2) is 4.98 Å². The van der Waals surface area contributed by atoms with Crippen LogP contribution in [0.5, 0.6) is 0 Å². The molecule has 0 saturated heterocycles. The van der Waals surface area contributed by atoms with Gasteiger partial charge in [0.2, 0.25) is 4.73 Å². The molecule has 1 aromatic rings. The Morgan fingerprint density at radius 1 is 1.60 bits per heavy atom. The molecule has 0 saturated carbocycles. The lowest BCUT2D eigenvalue weighted by Gasteiger charge is -1.93. The molecule has 1 heterocycles. The fourth-order valence-electron chi connectivity index (χ4n) is 0.824. The lowest BCUT2D eigenvalue weighted by Crippen LogP contribution is -1.98. The van der Waals surface area contributed by atoms with Gasteiger partial charge in [-0.3, -0.25) is 4.68 Å². The summed E-state index contributed by atoms with van der Waals surface area (Å²) in [6.07, 6.45) is 2.11. The Balaban J connectivity index is 2.81. The van der Waals surface area contributed by atoms with Crippen LogP contribution in [-0.2, 0) is 13.5 Å². The Bertz CT molecular complexity index is 219. The second kappa shape index (κ2) is 3.14. The largest absolute Gasteiger partial charge is 0.252 e. The van der Waals surface area contributed by atoms with E-state index in [4.69, 9.17) is 0 Å². The van der Waals surface area contributed by atoms with Crippen molar-refractivity contribution >= 4 is 15.9 Å². The van der Waals surface area contributed by atoms with Crippen LogP contribution < -0.4 is 0 Å². The first-order valence-corrected chi connectivity index (χ1v) is 4.08. The van der Waals surface area contributed by atoms with E-state index in [1.165, 1.54) is 0 Å². The van der Waals surface area contributed by atoms with Crippen molar-refractivity contribution in [2.45, 2.75) is 19.8 Å². The molecular formula is C6H10BrN3. The molecule has 0 spiro atoms. The molecule has 0 aliphatic carbocycles. The van der Waals surface area contributed by atoms with Crippen molar-refractivity contribution in [3.63, 3.8) is 0 Å². The van der Waals surface area contributed by atoms with E-state index in [9.17, 15) is 0 Å². The monoisotopic (exact) mass is 203 g/mol. The highest BCUT2D eigenvalue weighted by molar-refractivity contribution is 9.10. The van der Waals surface area contributed by atoms with E-state index in [-0.39, 0.29) is 0 Å². The second-order valence-corrected chi connectivity index (χ2v) is 2.88. The number of hydrogen-bond acceptors (Lipinski definition) is 2. The van der Waals surface area contributed by atoms with Crippen molar-refractivity contribution in [1.29, 1.82) is 0 Å². The van der Waals surface area contributed by atoms with Gasteiger partial charge < -0.3 is 0 Å². The summed E-state index contributed by atoms with van der Waals surface area (Å²) < 4.78 is 2.48. The molecule has 3 nitrogen and oxygen atoms in total. The van der Waals surface area contributed by atoms with Gasteiger partial charge in [-0.2, -0.15) is 0 Å². The van der Waals surface area contributed by atoms with Crippen LogP contribution in [0.25, 0.3) is 0 Å². The zero-order valence-corrected chi connectivity index (χ0v) is 7.72. The highest BCUT2D eigenvalue weighted by Crippen LogP contribution is 2.04. The number of aryl methyl sites for hydroxylation is 2. The first-order valence-electron chi connectivity index (χ1n) is 3.29. The van der Waals surface area contributed by atoms with E-state index in [0.29, 0.717) is 4.73 Å². The SMILES string of the molecule is CCCc1nc(Br)nn1C. The number of aromatic nitrogens is 3. The highest BCUT2D eigenvalue weighted by atomic mass is 79.9. The minimum absolute atomic E-state index is 0.679. The lowest BCUT2D eigenvalue weighted by atomic mass is 10.3. The molecule has 0 fully saturated rings. The Labute approximate surface area is 68.6 Å². The molecule has 0 aliphatic heterocycles. The van der Waals surface area contributed by atoms with Gasteiger partial charge in [-0.15, -0.1) is 5.10 Å². The topological polar surface area (TPSA) is 30.7 Å². The Kier molecular flexibility index (Phi) is 2.43. The van der Waals surface area contributed by atoms with Gasteiger partial charge in [0, 0.05) is 13.5 Å². The van der Waals surface area contributed by atoms with Crippen molar-refractivity contribution < 1.29 is 0 Å². The summed E-state index contributed by atoms with van der Waals surface area (Å²) in [6.45, 7) is 2.13. The van der Waals surface area contributed by atoms with E-state index in [1.807, 2.05) is 7.05 Å². The van der Waals surface area contributed by atoms with E-state index >= 15 is 0 Å². The Morgan fingerprint density at radius 3 is 2.70 bits per heavy atom. The maximum absolute atomic E-state index is 4.17. The van der Waals surface area contributed by atoms with Crippen molar-refractivity contribution in [2.24, 2.45) is 7.05 Å². The van der Waals surface area contributed by atoms with Gasteiger partial charge in [0.15, 0.2) is 0 Å². The first kappa shape index (κ1) is 7.72. The summed E-state index contributed by atoms with van der Waals surface area (Å²) in [5.74, 6) is 1.04. The van der Waals surface area contributed by atoms with Gasteiger partial charge in [0.1, 0.15) is 5.82 Å². The van der Waals surface area contributed by atoms with E-state index in [2.05, 4.69) is 32.9 Å². The van der Waals surface area contributed by atoms with Crippen LogP contribution in [-0.4, -0.2) is 14.8 Å². The third-order valence-corrected chi connectivity index (χ3v) is 1.64. The summed E-state index contributed by atoms with van der Waals surface area (Å²) in [7, 11) is 1.91. The van der Waals surface area contributed by atoms with Crippen molar-refractivity contribution in [1.82, 2.24) is 14.8 Å². The molecule has 0 N–H and O–H groups in total. The summed E-state index contributed by atoms with van der Waals surface area (Å²) in [4.78, 5) is 4.17. The van der Waals surface area contributed by atoms with Crippen LogP contribution in [0.4, 0.5) is 0 Å². The summed E-state index contributed by atoms with van der Waals surface area (Å²) in [5, 5.41) is 4.05. The van der Waals surface area contributed by atoms with E-state index in [1.54, 1.807) is 4.68 Å². The molecule has 0 aromatic carbocycles. The molecule has 0 bridgehead atoms. The summed E-state index contributed by atoms with van der Waals surface area (Å²) in [5.41, 5.74) is 0. The maximum Gasteiger partial charge on any atom is 0.217 e. The number of halogens is 1. The molecule has 4 heteroatoms. The average molecular weight is 204 g/mol. The molecular weight excluding hydrogens is 194 g/mol. The number of nitrogens with zero attached hydrogens (tertiary/aromatic N) is 3. The first-order chi connectivity index (χ1) is 4.74. The quantitative estimate of drug-likeness (QED) is 0.731. The van der Waals surface area contributed by atoms with Gasteiger partial charge in [-0.05, 0) is 22.4 Å². The van der Waals surface area contributed by atoms with Crippen LogP contribution in [0.2, 0.25) is 0 Å². The molecule has 0 amide bonds. The minimum atomic E-state index is 0.679. The lowest BCUT2D eigenvalue weighted by molar-refractivity contribution is 0.685. The zero-order chi connectivity index (χ0) is 7.56. The fraction of sp³-hybridized carbons (Fsp3) is 0.667. The van der Waals surface area contributed by atoms with Crippen LogP contribution in [0.15, 0.2) is 4.73 Å². The van der Waals surface area contributed by atoms with Gasteiger partial charge >= 0.3 is 0 Å². The van der Waals surface area contributed by atoms with Gasteiger partial charge in [0.05, 0.1) is 0 Å². The highest BCUT2D eigenvalue weighted by Gasteiger charge is 2.01. The van der Waals surface area contributed by atoms with Crippen LogP contribution in [0.1, 0.15) is 19.2 Å². The molecule has 0 atom stereocenters. The molecule has 1 aromatic heterocycles. The van der Waals surface area contributed by atoms with Crippen LogP contribution >= 0.6 is 15.9 Å². The molecule has 10 heavy (non-hydrogen) atoms. The van der Waals surface area contributed by atoms with Crippen LogP contribution in [0.3, 0.4) is 0 Å². The Hall–Kier alpha value is -0.380. The third kappa shape index (κ3) is 1.56.